The van der Waals surface area contributed by atoms with Crippen LogP contribution in [0.25, 0.3) is 0 Å². The molecule has 162 valence electrons. The third-order valence-electron chi connectivity index (χ3n) is 5.52. The number of hydrogen-bond donors (Lipinski definition) is 1. The molecule has 5 nitrogen and oxygen atoms in total. The van der Waals surface area contributed by atoms with Gasteiger partial charge in [-0.25, -0.2) is 18.0 Å². The molecule has 0 bridgehead atoms. The van der Waals surface area contributed by atoms with Gasteiger partial charge in [-0.2, -0.15) is 0 Å². The summed E-state index contributed by atoms with van der Waals surface area (Å²) in [5, 5.41) is 0.977. The number of nitrogens with two attached hydrogens (primary N) is 1. The largest absolute Gasteiger partial charge is 0.326 e. The molecule has 0 radical (unpaired) electrons. The van der Waals surface area contributed by atoms with Crippen LogP contribution in [-0.4, -0.2) is 60.7 Å². The van der Waals surface area contributed by atoms with Gasteiger partial charge in [-0.1, -0.05) is 18.2 Å². The van der Waals surface area contributed by atoms with E-state index in [1.807, 2.05) is 30.5 Å². The lowest BCUT2D eigenvalue weighted by Gasteiger charge is -2.31. The number of halogens is 1. The van der Waals surface area contributed by atoms with Crippen molar-refractivity contribution in [2.75, 3.05) is 36.9 Å². The van der Waals surface area contributed by atoms with Crippen LogP contribution in [0, 0.1) is 5.82 Å². The Labute approximate surface area is 188 Å². The Morgan fingerprint density at radius 1 is 1.23 bits per heavy atom. The fraction of sp³-hybridized carbons (Fsp3) is 0.476. The average molecular weight is 467 g/mol. The quantitative estimate of drug-likeness (QED) is 0.496. The van der Waals surface area contributed by atoms with E-state index >= 15 is 0 Å². The van der Waals surface area contributed by atoms with Crippen molar-refractivity contribution in [3.8, 4) is 0 Å². The second-order valence-corrected chi connectivity index (χ2v) is 11.5. The Kier molecular flexibility index (Phi) is 7.83. The third-order valence-corrected chi connectivity index (χ3v) is 9.12. The van der Waals surface area contributed by atoms with E-state index in [0.29, 0.717) is 12.6 Å². The van der Waals surface area contributed by atoms with Crippen molar-refractivity contribution >= 4 is 34.7 Å². The van der Waals surface area contributed by atoms with Crippen molar-refractivity contribution in [1.29, 1.82) is 0 Å². The molecule has 2 unspecified atom stereocenters. The van der Waals surface area contributed by atoms with Crippen molar-refractivity contribution in [1.82, 2.24) is 13.6 Å². The van der Waals surface area contributed by atoms with Crippen LogP contribution in [-0.2, 0) is 17.3 Å². The predicted molar refractivity (Wildman–Crippen MR) is 124 cm³/mol. The summed E-state index contributed by atoms with van der Waals surface area (Å²) < 4.78 is 30.8. The van der Waals surface area contributed by atoms with Gasteiger partial charge in [0.2, 0.25) is 0 Å². The maximum Gasteiger partial charge on any atom is 0.126 e. The van der Waals surface area contributed by atoms with Crippen molar-refractivity contribution in [2.45, 2.75) is 30.0 Å². The highest BCUT2D eigenvalue weighted by Gasteiger charge is 2.36. The first-order valence-corrected chi connectivity index (χ1v) is 13.4. The summed E-state index contributed by atoms with van der Waals surface area (Å²) >= 11 is 3.47. The molecule has 4 rings (SSSR count). The van der Waals surface area contributed by atoms with Crippen LogP contribution < -0.4 is 5.73 Å². The van der Waals surface area contributed by atoms with Gasteiger partial charge >= 0.3 is 0 Å². The molecule has 2 N–H and O–H groups in total. The number of benzene rings is 1. The maximum atomic E-state index is 14.4. The first kappa shape index (κ1) is 22.2. The van der Waals surface area contributed by atoms with Gasteiger partial charge in [0.25, 0.3) is 0 Å². The first-order valence-electron chi connectivity index (χ1n) is 10.2. The molecule has 1 aromatic heterocycles. The van der Waals surface area contributed by atoms with Gasteiger partial charge < -0.3 is 5.73 Å². The number of pyridine rings is 1. The molecule has 2 saturated heterocycles. The minimum atomic E-state index is -0.690. The van der Waals surface area contributed by atoms with Gasteiger partial charge in [-0.05, 0) is 35.7 Å². The van der Waals surface area contributed by atoms with E-state index in [2.05, 4.69) is 13.6 Å². The molecule has 2 atom stereocenters. The van der Waals surface area contributed by atoms with Gasteiger partial charge in [-0.15, -0.1) is 11.8 Å². The number of nitrogens with zero attached hydrogens (tertiary/aromatic N) is 3. The van der Waals surface area contributed by atoms with Crippen LogP contribution in [0.3, 0.4) is 0 Å². The van der Waals surface area contributed by atoms with E-state index in [9.17, 15) is 8.60 Å². The lowest BCUT2D eigenvalue weighted by molar-refractivity contribution is 0.423. The maximum absolute atomic E-state index is 14.4. The highest BCUT2D eigenvalue weighted by Crippen LogP contribution is 2.39. The van der Waals surface area contributed by atoms with Crippen molar-refractivity contribution in [3.63, 3.8) is 0 Å². The molecule has 1 aromatic carbocycles. The minimum Gasteiger partial charge on any atom is -0.326 e. The molecule has 2 aliphatic rings. The number of thioether (sulfide) groups is 1. The van der Waals surface area contributed by atoms with Crippen LogP contribution in [0.5, 0.6) is 0 Å². The fourth-order valence-corrected chi connectivity index (χ4v) is 7.47. The lowest BCUT2D eigenvalue weighted by Crippen LogP contribution is -2.38. The topological polar surface area (TPSA) is 62.5 Å². The van der Waals surface area contributed by atoms with Crippen LogP contribution in [0.1, 0.15) is 23.5 Å². The monoisotopic (exact) mass is 466 g/mol. The van der Waals surface area contributed by atoms with E-state index in [1.165, 1.54) is 0 Å². The molecule has 30 heavy (non-hydrogen) atoms. The van der Waals surface area contributed by atoms with Gasteiger partial charge in [0.1, 0.15) is 5.82 Å². The summed E-state index contributed by atoms with van der Waals surface area (Å²) in [6.45, 7) is 2.98. The van der Waals surface area contributed by atoms with Crippen molar-refractivity contribution in [3.05, 3.63) is 59.5 Å². The SMILES string of the molecule is NCc1ccnc(SCC2CC(c3ccccc3F)CN2SN2CCS(=O)CC2)c1. The highest BCUT2D eigenvalue weighted by molar-refractivity contribution is 7.99. The molecule has 0 spiro atoms. The predicted octanol–water partition coefficient (Wildman–Crippen LogP) is 3.26. The molecule has 2 fully saturated rings. The Hall–Kier alpha value is -0.970. The molecule has 2 aromatic rings. The Morgan fingerprint density at radius 2 is 2.03 bits per heavy atom. The van der Waals surface area contributed by atoms with Crippen molar-refractivity contribution in [2.24, 2.45) is 5.73 Å². The summed E-state index contributed by atoms with van der Waals surface area (Å²) in [5.74, 6) is 2.40. The summed E-state index contributed by atoms with van der Waals surface area (Å²) in [4.78, 5) is 4.47. The van der Waals surface area contributed by atoms with E-state index in [0.717, 1.165) is 59.5 Å². The fourth-order valence-electron chi connectivity index (χ4n) is 3.86. The molecule has 3 heterocycles. The first-order chi connectivity index (χ1) is 14.6. The van der Waals surface area contributed by atoms with Crippen molar-refractivity contribution < 1.29 is 8.60 Å². The Morgan fingerprint density at radius 3 is 2.80 bits per heavy atom. The van der Waals surface area contributed by atoms with Crippen LogP contribution >= 0.6 is 23.9 Å². The molecular weight excluding hydrogens is 439 g/mol. The summed E-state index contributed by atoms with van der Waals surface area (Å²) in [5.41, 5.74) is 7.64. The van der Waals surface area contributed by atoms with Gasteiger partial charge in [-0.3, -0.25) is 4.21 Å². The Balaban J connectivity index is 1.45. The summed E-state index contributed by atoms with van der Waals surface area (Å²) in [6.07, 6.45) is 2.72. The number of hydrogen-bond acceptors (Lipinski definition) is 7. The zero-order valence-electron chi connectivity index (χ0n) is 16.8. The van der Waals surface area contributed by atoms with Gasteiger partial charge in [0.05, 0.1) is 5.03 Å². The molecule has 9 heteroatoms. The summed E-state index contributed by atoms with van der Waals surface area (Å²) in [6, 6.07) is 11.4. The van der Waals surface area contributed by atoms with E-state index in [4.69, 9.17) is 5.73 Å². The zero-order valence-corrected chi connectivity index (χ0v) is 19.2. The molecule has 0 aliphatic carbocycles. The standard InChI is InChI=1S/C21H27FN4OS3/c22-20-4-2-1-3-19(20)17-12-18(15-28-21-11-16(13-23)5-6-24-21)26(14-17)29-25-7-9-30(27)10-8-25/h1-6,11,17-18H,7-10,12-15,23H2. The average Bonchev–Trinajstić information content (AvgIpc) is 3.16. The number of rotatable bonds is 7. The minimum absolute atomic E-state index is 0.119. The normalized spacial score (nSPS) is 23.8. The lowest BCUT2D eigenvalue weighted by atomic mass is 9.96. The van der Waals surface area contributed by atoms with Crippen LogP contribution in [0.15, 0.2) is 47.6 Å². The molecular formula is C21H27FN4OS3. The van der Waals surface area contributed by atoms with Crippen LogP contribution in [0.2, 0.25) is 0 Å². The van der Waals surface area contributed by atoms with Crippen LogP contribution in [0.4, 0.5) is 4.39 Å². The molecule has 0 amide bonds. The van der Waals surface area contributed by atoms with E-state index < -0.39 is 10.8 Å². The second-order valence-electron chi connectivity index (χ2n) is 7.58. The zero-order chi connectivity index (χ0) is 20.9. The third kappa shape index (κ3) is 5.63. The smallest absolute Gasteiger partial charge is 0.126 e. The molecule has 2 aliphatic heterocycles. The van der Waals surface area contributed by atoms with E-state index in [-0.39, 0.29) is 11.7 Å². The summed E-state index contributed by atoms with van der Waals surface area (Å²) in [7, 11) is -0.690. The number of aromatic nitrogens is 1. The Bertz CT molecular complexity index is 877. The molecule has 0 saturated carbocycles. The highest BCUT2D eigenvalue weighted by atomic mass is 32.2. The second kappa shape index (κ2) is 10.6. The van der Waals surface area contributed by atoms with Gasteiger partial charge in [0, 0.05) is 84.5 Å². The van der Waals surface area contributed by atoms with Gasteiger partial charge in [0.15, 0.2) is 0 Å². The van der Waals surface area contributed by atoms with E-state index in [1.54, 1.807) is 36.0 Å².